The molecule has 1 rings (SSSR count). The number of carbonyl (C=O) groups is 1. The Morgan fingerprint density at radius 2 is 2.19 bits per heavy atom. The fraction of sp³-hybridized carbons (Fsp3) is 0.562. The van der Waals surface area contributed by atoms with Gasteiger partial charge in [-0.3, -0.25) is 4.79 Å². The normalized spacial score (nSPS) is 12.4. The Bertz CT molecular complexity index is 435. The van der Waals surface area contributed by atoms with E-state index in [-0.39, 0.29) is 0 Å². The lowest BCUT2D eigenvalue weighted by Gasteiger charge is -2.17. The van der Waals surface area contributed by atoms with E-state index in [1.807, 2.05) is 39.2 Å². The second-order valence-corrected chi connectivity index (χ2v) is 5.30. The van der Waals surface area contributed by atoms with Crippen LogP contribution in [0.15, 0.2) is 24.3 Å². The van der Waals surface area contributed by atoms with Crippen molar-refractivity contribution in [3.05, 3.63) is 29.8 Å². The Hall–Kier alpha value is -1.59. The van der Waals surface area contributed by atoms with Crippen molar-refractivity contribution in [3.8, 4) is 5.75 Å². The minimum absolute atomic E-state index is 0.636. The highest BCUT2D eigenvalue weighted by atomic mass is 16.5. The topological polar surface area (TPSA) is 61.8 Å². The summed E-state index contributed by atoms with van der Waals surface area (Å²) in [6.45, 7) is 4.27. The molecule has 0 aliphatic carbocycles. The molecule has 118 valence electrons. The zero-order chi connectivity index (χ0) is 15.7. The van der Waals surface area contributed by atoms with E-state index in [0.717, 1.165) is 30.7 Å². The lowest BCUT2D eigenvalue weighted by Crippen LogP contribution is -2.30. The minimum atomic E-state index is -0.868. The van der Waals surface area contributed by atoms with Gasteiger partial charge in [-0.1, -0.05) is 19.1 Å². The summed E-state index contributed by atoms with van der Waals surface area (Å²) in [5.41, 5.74) is 0.723. The molecule has 1 unspecified atom stereocenters. The maximum Gasteiger partial charge on any atom is 0.325 e. The Labute approximate surface area is 126 Å². The molecule has 5 heteroatoms. The molecule has 0 radical (unpaired) electrons. The van der Waals surface area contributed by atoms with Crippen LogP contribution in [0.25, 0.3) is 0 Å². The van der Waals surface area contributed by atoms with Crippen LogP contribution in [0.1, 0.15) is 31.4 Å². The number of nitrogens with zero attached hydrogens (tertiary/aromatic N) is 1. The molecule has 0 aliphatic rings. The maximum absolute atomic E-state index is 11.4. The molecule has 2 N–H and O–H groups in total. The highest BCUT2D eigenvalue weighted by Crippen LogP contribution is 2.20. The number of carboxylic acids is 1. The van der Waals surface area contributed by atoms with Crippen LogP contribution in [0.4, 0.5) is 0 Å². The lowest BCUT2D eigenvalue weighted by atomic mass is 10.1. The number of hydrogen-bond acceptors (Lipinski definition) is 4. The van der Waals surface area contributed by atoms with Crippen molar-refractivity contribution < 1.29 is 14.6 Å². The summed E-state index contributed by atoms with van der Waals surface area (Å²) in [5, 5.41) is 12.5. The second kappa shape index (κ2) is 9.37. The second-order valence-electron chi connectivity index (χ2n) is 5.30. The van der Waals surface area contributed by atoms with Crippen LogP contribution in [0.2, 0.25) is 0 Å². The Morgan fingerprint density at radius 3 is 2.81 bits per heavy atom. The number of benzene rings is 1. The number of carboxylic acid groups (broad SMARTS) is 1. The molecule has 0 spiro atoms. The zero-order valence-electron chi connectivity index (χ0n) is 13.1. The Balaban J connectivity index is 2.64. The van der Waals surface area contributed by atoms with Crippen molar-refractivity contribution in [2.45, 2.75) is 25.8 Å². The van der Waals surface area contributed by atoms with Gasteiger partial charge in [-0.05, 0) is 57.7 Å². The van der Waals surface area contributed by atoms with E-state index in [4.69, 9.17) is 4.74 Å². The smallest absolute Gasteiger partial charge is 0.325 e. The number of hydrogen-bond donors (Lipinski definition) is 2. The summed E-state index contributed by atoms with van der Waals surface area (Å²) in [7, 11) is 4.01. The summed E-state index contributed by atoms with van der Waals surface area (Å²) in [5.74, 6) is -0.150. The molecule has 1 aromatic carbocycles. The molecule has 0 aromatic heterocycles. The van der Waals surface area contributed by atoms with E-state index in [0.29, 0.717) is 13.2 Å². The molecule has 0 heterocycles. The molecule has 0 fully saturated rings. The van der Waals surface area contributed by atoms with Gasteiger partial charge in [-0.2, -0.15) is 0 Å². The number of rotatable bonds is 10. The van der Waals surface area contributed by atoms with E-state index in [9.17, 15) is 9.90 Å². The van der Waals surface area contributed by atoms with Crippen molar-refractivity contribution in [2.24, 2.45) is 0 Å². The van der Waals surface area contributed by atoms with Gasteiger partial charge < -0.3 is 20.1 Å². The monoisotopic (exact) mass is 294 g/mol. The summed E-state index contributed by atoms with van der Waals surface area (Å²) < 4.78 is 5.56. The molecular weight excluding hydrogens is 268 g/mol. The van der Waals surface area contributed by atoms with Crippen molar-refractivity contribution in [1.82, 2.24) is 10.2 Å². The highest BCUT2D eigenvalue weighted by Gasteiger charge is 2.19. The summed E-state index contributed by atoms with van der Waals surface area (Å²) >= 11 is 0. The lowest BCUT2D eigenvalue weighted by molar-refractivity contribution is -0.139. The molecule has 1 aromatic rings. The number of nitrogens with one attached hydrogen (secondary N) is 1. The van der Waals surface area contributed by atoms with Gasteiger partial charge >= 0.3 is 5.97 Å². The molecule has 0 saturated heterocycles. The summed E-state index contributed by atoms with van der Waals surface area (Å²) in [6, 6.07) is 6.60. The minimum Gasteiger partial charge on any atom is -0.494 e. The molecule has 0 saturated carbocycles. The average molecular weight is 294 g/mol. The third-order valence-electron chi connectivity index (χ3n) is 3.04. The molecule has 5 nitrogen and oxygen atoms in total. The third-order valence-corrected chi connectivity index (χ3v) is 3.04. The third kappa shape index (κ3) is 6.60. The molecule has 0 aliphatic heterocycles. The van der Waals surface area contributed by atoms with Crippen LogP contribution in [0.5, 0.6) is 5.75 Å². The van der Waals surface area contributed by atoms with E-state index in [2.05, 4.69) is 10.2 Å². The van der Waals surface area contributed by atoms with Crippen molar-refractivity contribution in [2.75, 3.05) is 33.8 Å². The van der Waals surface area contributed by atoms with Crippen molar-refractivity contribution in [1.29, 1.82) is 0 Å². The van der Waals surface area contributed by atoms with Crippen molar-refractivity contribution >= 4 is 5.97 Å². The SMILES string of the molecule is CCCOc1cccc(C(NCCCN(C)C)C(=O)O)c1. The standard InChI is InChI=1S/C16H26N2O3/c1-4-11-21-14-8-5-7-13(12-14)15(16(19)20)17-9-6-10-18(2)3/h5,7-8,12,15,17H,4,6,9-11H2,1-3H3,(H,19,20). The van der Waals surface area contributed by atoms with Gasteiger partial charge in [0.05, 0.1) is 6.61 Å². The van der Waals surface area contributed by atoms with Gasteiger partial charge in [0, 0.05) is 0 Å². The van der Waals surface area contributed by atoms with E-state index in [1.165, 1.54) is 0 Å². The average Bonchev–Trinajstić information content (AvgIpc) is 2.44. The number of aliphatic carboxylic acids is 1. The first kappa shape index (κ1) is 17.5. The van der Waals surface area contributed by atoms with E-state index >= 15 is 0 Å². The predicted molar refractivity (Wildman–Crippen MR) is 83.8 cm³/mol. The molecular formula is C16H26N2O3. The molecule has 1 atom stereocenters. The number of ether oxygens (including phenoxy) is 1. The largest absolute Gasteiger partial charge is 0.494 e. The quantitative estimate of drug-likeness (QED) is 0.647. The van der Waals surface area contributed by atoms with Crippen LogP contribution < -0.4 is 10.1 Å². The predicted octanol–water partition coefficient (Wildman–Crippen LogP) is 2.14. The summed E-state index contributed by atoms with van der Waals surface area (Å²) in [4.78, 5) is 13.5. The first-order valence-electron chi connectivity index (χ1n) is 7.38. The van der Waals surface area contributed by atoms with Crippen LogP contribution in [0, 0.1) is 0 Å². The van der Waals surface area contributed by atoms with Gasteiger partial charge in [-0.25, -0.2) is 0 Å². The molecule has 0 bridgehead atoms. The van der Waals surface area contributed by atoms with E-state index < -0.39 is 12.0 Å². The fourth-order valence-electron chi connectivity index (χ4n) is 1.99. The van der Waals surface area contributed by atoms with Gasteiger partial charge in [0.2, 0.25) is 0 Å². The van der Waals surface area contributed by atoms with Crippen molar-refractivity contribution in [3.63, 3.8) is 0 Å². The van der Waals surface area contributed by atoms with Crippen LogP contribution >= 0.6 is 0 Å². The summed E-state index contributed by atoms with van der Waals surface area (Å²) in [6.07, 6.45) is 1.83. The van der Waals surface area contributed by atoms with Crippen LogP contribution in [0.3, 0.4) is 0 Å². The van der Waals surface area contributed by atoms with Crippen LogP contribution in [-0.4, -0.2) is 49.8 Å². The Morgan fingerprint density at radius 1 is 1.43 bits per heavy atom. The molecule has 21 heavy (non-hydrogen) atoms. The zero-order valence-corrected chi connectivity index (χ0v) is 13.1. The highest BCUT2D eigenvalue weighted by molar-refractivity contribution is 5.75. The maximum atomic E-state index is 11.4. The van der Waals surface area contributed by atoms with Gasteiger partial charge in [0.1, 0.15) is 11.8 Å². The fourth-order valence-corrected chi connectivity index (χ4v) is 1.99. The first-order valence-corrected chi connectivity index (χ1v) is 7.38. The van der Waals surface area contributed by atoms with Gasteiger partial charge in [-0.15, -0.1) is 0 Å². The first-order chi connectivity index (χ1) is 10.0. The van der Waals surface area contributed by atoms with Gasteiger partial charge in [0.25, 0.3) is 0 Å². The van der Waals surface area contributed by atoms with Crippen LogP contribution in [-0.2, 0) is 4.79 Å². The van der Waals surface area contributed by atoms with E-state index in [1.54, 1.807) is 6.07 Å². The van der Waals surface area contributed by atoms with Gasteiger partial charge in [0.15, 0.2) is 0 Å². The molecule has 0 amide bonds. The Kier molecular flexibility index (Phi) is 7.79.